The molecule has 0 N–H and O–H groups in total. The fraction of sp³-hybridized carbons (Fsp3) is 0.111. The number of rotatable bonds is 4. The molecule has 4 nitrogen and oxygen atoms in total. The average Bonchev–Trinajstić information content (AvgIpc) is 2.90. The average molecular weight is 327 g/mol. The Labute approximate surface area is 139 Å². The van der Waals surface area contributed by atoms with E-state index < -0.39 is 5.97 Å². The molecule has 0 spiro atoms. The van der Waals surface area contributed by atoms with Gasteiger partial charge in [0.2, 0.25) is 0 Å². The van der Waals surface area contributed by atoms with Gasteiger partial charge in [-0.3, -0.25) is 0 Å². The number of imidazole rings is 1. The Hall–Kier alpha value is -2.59. The summed E-state index contributed by atoms with van der Waals surface area (Å²) >= 11 is 5.89. The zero-order valence-corrected chi connectivity index (χ0v) is 13.3. The molecule has 0 aliphatic carbocycles. The summed E-state index contributed by atoms with van der Waals surface area (Å²) in [4.78, 5) is 15.9. The van der Waals surface area contributed by atoms with Crippen LogP contribution in [0, 0.1) is 0 Å². The van der Waals surface area contributed by atoms with Crippen LogP contribution in [0.5, 0.6) is 0 Å². The lowest BCUT2D eigenvalue weighted by Crippen LogP contribution is -2.05. The lowest BCUT2D eigenvalue weighted by atomic mass is 10.0. The van der Waals surface area contributed by atoms with Crippen molar-refractivity contribution >= 4 is 34.4 Å². The molecule has 0 aliphatic heterocycles. The lowest BCUT2D eigenvalue weighted by molar-refractivity contribution is -0.139. The number of carbonyl (C=O) groups excluding carboxylic acids is 1. The van der Waals surface area contributed by atoms with Crippen LogP contribution in [0.3, 0.4) is 0 Å². The summed E-state index contributed by atoms with van der Waals surface area (Å²) in [6.45, 7) is 0.0852. The third-order valence-corrected chi connectivity index (χ3v) is 3.94. The van der Waals surface area contributed by atoms with Crippen LogP contribution >= 0.6 is 11.6 Å². The van der Waals surface area contributed by atoms with E-state index in [-0.39, 0.29) is 6.61 Å². The minimum absolute atomic E-state index is 0.0852. The predicted molar refractivity (Wildman–Crippen MR) is 91.0 cm³/mol. The first-order chi connectivity index (χ1) is 11.1. The topological polar surface area (TPSA) is 44.1 Å². The standard InChI is InChI=1S/C18H15ClN2O2/c1-21-16(19)11-20-17(21)12-23-18(22)10-9-14-7-4-6-13-5-2-3-8-15(13)14/h2-11H,12H2,1H3. The molecule has 3 aromatic rings. The Morgan fingerprint density at radius 2 is 2.04 bits per heavy atom. The maximum atomic E-state index is 11.9. The van der Waals surface area contributed by atoms with Gasteiger partial charge >= 0.3 is 5.97 Å². The molecule has 3 rings (SSSR count). The van der Waals surface area contributed by atoms with Gasteiger partial charge in [0.05, 0.1) is 6.20 Å². The van der Waals surface area contributed by atoms with Crippen LogP contribution in [-0.4, -0.2) is 15.5 Å². The second-order valence-corrected chi connectivity index (χ2v) is 5.45. The van der Waals surface area contributed by atoms with E-state index in [0.717, 1.165) is 16.3 Å². The fourth-order valence-electron chi connectivity index (χ4n) is 2.30. The van der Waals surface area contributed by atoms with E-state index in [1.807, 2.05) is 42.5 Å². The number of benzene rings is 2. The molecule has 0 unspecified atom stereocenters. The maximum absolute atomic E-state index is 11.9. The summed E-state index contributed by atoms with van der Waals surface area (Å²) in [7, 11) is 1.77. The molecule has 0 saturated carbocycles. The molecule has 0 radical (unpaired) electrons. The van der Waals surface area contributed by atoms with Gasteiger partial charge in [0.25, 0.3) is 0 Å². The van der Waals surface area contributed by atoms with Gasteiger partial charge in [-0.15, -0.1) is 0 Å². The summed E-state index contributed by atoms with van der Waals surface area (Å²) in [5, 5.41) is 2.72. The predicted octanol–water partition coefficient (Wildman–Crippen LogP) is 3.98. The summed E-state index contributed by atoms with van der Waals surface area (Å²) in [6.07, 6.45) is 4.71. The highest BCUT2D eigenvalue weighted by Gasteiger charge is 2.06. The highest BCUT2D eigenvalue weighted by atomic mass is 35.5. The normalized spacial score (nSPS) is 11.2. The van der Waals surface area contributed by atoms with Gasteiger partial charge in [-0.25, -0.2) is 9.78 Å². The van der Waals surface area contributed by atoms with Crippen molar-refractivity contribution < 1.29 is 9.53 Å². The first-order valence-electron chi connectivity index (χ1n) is 7.14. The molecule has 0 amide bonds. The molecule has 0 fully saturated rings. The molecule has 0 saturated heterocycles. The minimum Gasteiger partial charge on any atom is -0.454 e. The molecular weight excluding hydrogens is 312 g/mol. The van der Waals surface area contributed by atoms with Gasteiger partial charge in [-0.2, -0.15) is 0 Å². The first kappa shape index (κ1) is 15.3. The van der Waals surface area contributed by atoms with Gasteiger partial charge in [0.1, 0.15) is 17.6 Å². The molecule has 23 heavy (non-hydrogen) atoms. The zero-order chi connectivity index (χ0) is 16.2. The number of hydrogen-bond donors (Lipinski definition) is 0. The van der Waals surface area contributed by atoms with Crippen molar-refractivity contribution in [2.45, 2.75) is 6.61 Å². The SMILES string of the molecule is Cn1c(Cl)cnc1COC(=O)C=Cc1cccc2ccccc12. The third-order valence-electron chi connectivity index (χ3n) is 3.59. The summed E-state index contributed by atoms with van der Waals surface area (Å²) < 4.78 is 6.86. The number of nitrogens with zero attached hydrogens (tertiary/aromatic N) is 2. The van der Waals surface area contributed by atoms with E-state index in [4.69, 9.17) is 16.3 Å². The molecule has 1 aromatic heterocycles. The van der Waals surface area contributed by atoms with Gasteiger partial charge in [-0.1, -0.05) is 54.1 Å². The Kier molecular flexibility index (Phi) is 4.44. The molecule has 2 aromatic carbocycles. The molecule has 0 atom stereocenters. The van der Waals surface area contributed by atoms with Gasteiger partial charge in [0.15, 0.2) is 0 Å². The van der Waals surface area contributed by atoms with Crippen LogP contribution in [0.1, 0.15) is 11.4 Å². The Morgan fingerprint density at radius 1 is 1.26 bits per heavy atom. The van der Waals surface area contributed by atoms with Gasteiger partial charge < -0.3 is 9.30 Å². The highest BCUT2D eigenvalue weighted by Crippen LogP contribution is 2.19. The number of halogens is 1. The molecule has 5 heteroatoms. The Balaban J connectivity index is 1.69. The quantitative estimate of drug-likeness (QED) is 0.538. The van der Waals surface area contributed by atoms with Crippen molar-refractivity contribution in [2.24, 2.45) is 7.05 Å². The minimum atomic E-state index is -0.419. The number of esters is 1. The van der Waals surface area contributed by atoms with Crippen molar-refractivity contribution in [1.82, 2.24) is 9.55 Å². The molecule has 0 bridgehead atoms. The lowest BCUT2D eigenvalue weighted by Gasteiger charge is -2.03. The number of aromatic nitrogens is 2. The van der Waals surface area contributed by atoms with Crippen molar-refractivity contribution in [3.8, 4) is 0 Å². The van der Waals surface area contributed by atoms with E-state index in [0.29, 0.717) is 11.0 Å². The second kappa shape index (κ2) is 6.67. The van der Waals surface area contributed by atoms with E-state index in [1.165, 1.54) is 12.3 Å². The van der Waals surface area contributed by atoms with Gasteiger partial charge in [0, 0.05) is 13.1 Å². The van der Waals surface area contributed by atoms with Crippen LogP contribution in [0.4, 0.5) is 0 Å². The van der Waals surface area contributed by atoms with Crippen LogP contribution < -0.4 is 0 Å². The number of ether oxygens (including phenoxy) is 1. The summed E-state index contributed by atoms with van der Waals surface area (Å²) in [5.41, 5.74) is 0.972. The summed E-state index contributed by atoms with van der Waals surface area (Å²) in [5.74, 6) is 0.180. The monoisotopic (exact) mass is 326 g/mol. The van der Waals surface area contributed by atoms with Crippen molar-refractivity contribution in [2.75, 3.05) is 0 Å². The molecule has 0 aliphatic rings. The van der Waals surface area contributed by atoms with Crippen LogP contribution in [0.2, 0.25) is 5.15 Å². The van der Waals surface area contributed by atoms with Crippen LogP contribution in [0.15, 0.2) is 54.7 Å². The van der Waals surface area contributed by atoms with E-state index >= 15 is 0 Å². The smallest absolute Gasteiger partial charge is 0.331 e. The van der Waals surface area contributed by atoms with E-state index in [1.54, 1.807) is 17.7 Å². The Bertz CT molecular complexity index is 878. The Morgan fingerprint density at radius 3 is 2.83 bits per heavy atom. The van der Waals surface area contributed by atoms with Crippen LogP contribution in [0.25, 0.3) is 16.8 Å². The maximum Gasteiger partial charge on any atom is 0.331 e. The number of hydrogen-bond acceptors (Lipinski definition) is 3. The van der Waals surface area contributed by atoms with Crippen LogP contribution in [-0.2, 0) is 23.2 Å². The molecular formula is C18H15ClN2O2. The molecule has 116 valence electrons. The van der Waals surface area contributed by atoms with Gasteiger partial charge in [-0.05, 0) is 22.4 Å². The zero-order valence-electron chi connectivity index (χ0n) is 12.6. The summed E-state index contributed by atoms with van der Waals surface area (Å²) in [6, 6.07) is 14.0. The highest BCUT2D eigenvalue weighted by molar-refractivity contribution is 6.29. The van der Waals surface area contributed by atoms with E-state index in [9.17, 15) is 4.79 Å². The number of fused-ring (bicyclic) bond motifs is 1. The number of carbonyl (C=O) groups is 1. The second-order valence-electron chi connectivity index (χ2n) is 5.07. The molecule has 1 heterocycles. The van der Waals surface area contributed by atoms with E-state index in [2.05, 4.69) is 4.98 Å². The fourth-order valence-corrected chi connectivity index (χ4v) is 2.44. The van der Waals surface area contributed by atoms with Crippen molar-refractivity contribution in [1.29, 1.82) is 0 Å². The van der Waals surface area contributed by atoms with Crippen molar-refractivity contribution in [3.05, 3.63) is 71.3 Å². The van der Waals surface area contributed by atoms with Crippen molar-refractivity contribution in [3.63, 3.8) is 0 Å². The third kappa shape index (κ3) is 3.43. The largest absolute Gasteiger partial charge is 0.454 e. The first-order valence-corrected chi connectivity index (χ1v) is 7.51.